The van der Waals surface area contributed by atoms with Gasteiger partial charge >= 0.3 is 0 Å². The van der Waals surface area contributed by atoms with Crippen molar-refractivity contribution in [2.45, 2.75) is 37.3 Å². The fourth-order valence-electron chi connectivity index (χ4n) is 1.42. The third-order valence-corrected chi connectivity index (χ3v) is 4.62. The minimum atomic E-state index is -3.84. The summed E-state index contributed by atoms with van der Waals surface area (Å²) in [6, 6.07) is 1.20. The Balaban J connectivity index is 3.15. The van der Waals surface area contributed by atoms with Crippen molar-refractivity contribution in [2.75, 3.05) is 0 Å². The molecular formula is C11H19N3O4S. The molecule has 1 unspecified atom stereocenters. The highest BCUT2D eigenvalue weighted by molar-refractivity contribution is 7.89. The molecule has 1 aromatic heterocycles. The lowest BCUT2D eigenvalue weighted by Gasteiger charge is -2.28. The minimum absolute atomic E-state index is 0.0717. The Hall–Kier alpha value is -1.38. The summed E-state index contributed by atoms with van der Waals surface area (Å²) in [5, 5.41) is 9.53. The number of hydrogen-bond donors (Lipinski definition) is 3. The smallest absolute Gasteiger partial charge is 0.265 e. The van der Waals surface area contributed by atoms with Gasteiger partial charge in [0.25, 0.3) is 5.91 Å². The van der Waals surface area contributed by atoms with Gasteiger partial charge in [-0.1, -0.05) is 0 Å². The van der Waals surface area contributed by atoms with Crippen LogP contribution in [0.5, 0.6) is 0 Å². The number of hydrogen-bond acceptors (Lipinski definition) is 4. The highest BCUT2D eigenvalue weighted by Crippen LogP contribution is 2.17. The average molecular weight is 289 g/mol. The van der Waals surface area contributed by atoms with Crippen molar-refractivity contribution in [3.63, 3.8) is 0 Å². The molecule has 0 aromatic carbocycles. The molecule has 0 spiro atoms. The predicted molar refractivity (Wildman–Crippen MR) is 70.0 cm³/mol. The minimum Gasteiger partial charge on any atom is -0.391 e. The van der Waals surface area contributed by atoms with Gasteiger partial charge in [0.1, 0.15) is 10.6 Å². The molecule has 7 nitrogen and oxygen atoms in total. The molecular weight excluding hydrogens is 270 g/mol. The SMILES string of the molecule is CC(O)C(C)(C)NS(=O)(=O)c1cc(C(N)=O)n(C)c1. The zero-order valence-electron chi connectivity index (χ0n) is 11.3. The summed E-state index contributed by atoms with van der Waals surface area (Å²) in [7, 11) is -2.31. The van der Waals surface area contributed by atoms with E-state index >= 15 is 0 Å². The quantitative estimate of drug-likeness (QED) is 0.681. The molecule has 8 heteroatoms. The van der Waals surface area contributed by atoms with Gasteiger partial charge in [-0.05, 0) is 26.8 Å². The number of primary amides is 1. The fourth-order valence-corrected chi connectivity index (χ4v) is 2.96. The Morgan fingerprint density at radius 2 is 2.05 bits per heavy atom. The fraction of sp³-hybridized carbons (Fsp3) is 0.545. The van der Waals surface area contributed by atoms with E-state index in [4.69, 9.17) is 5.73 Å². The number of amides is 1. The number of aryl methyl sites for hydroxylation is 1. The van der Waals surface area contributed by atoms with Crippen LogP contribution in [0, 0.1) is 0 Å². The average Bonchev–Trinajstić information content (AvgIpc) is 2.59. The molecule has 0 aliphatic heterocycles. The normalized spacial score (nSPS) is 14.4. The van der Waals surface area contributed by atoms with Gasteiger partial charge in [-0.2, -0.15) is 0 Å². The van der Waals surface area contributed by atoms with Crippen molar-refractivity contribution in [3.8, 4) is 0 Å². The van der Waals surface area contributed by atoms with Crippen LogP contribution < -0.4 is 10.5 Å². The molecule has 0 bridgehead atoms. The van der Waals surface area contributed by atoms with E-state index in [-0.39, 0.29) is 10.6 Å². The summed E-state index contributed by atoms with van der Waals surface area (Å²) in [5.74, 6) is -0.710. The summed E-state index contributed by atoms with van der Waals surface area (Å²) in [6.45, 7) is 4.61. The maximum absolute atomic E-state index is 12.2. The second-order valence-electron chi connectivity index (χ2n) is 5.04. The van der Waals surface area contributed by atoms with E-state index in [2.05, 4.69) is 4.72 Å². The maximum atomic E-state index is 12.2. The molecule has 0 fully saturated rings. The standard InChI is InChI=1S/C11H19N3O4S/c1-7(15)11(2,3)13-19(17,18)8-5-9(10(12)16)14(4)6-8/h5-7,13,15H,1-4H3,(H2,12,16). The summed E-state index contributed by atoms with van der Waals surface area (Å²) < 4.78 is 28.0. The highest BCUT2D eigenvalue weighted by atomic mass is 32.2. The van der Waals surface area contributed by atoms with Crippen LogP contribution in [0.15, 0.2) is 17.2 Å². The van der Waals surface area contributed by atoms with Crippen LogP contribution in [0.2, 0.25) is 0 Å². The predicted octanol–water partition coefficient (Wildman–Crippen LogP) is -0.438. The zero-order chi connectivity index (χ0) is 15.0. The van der Waals surface area contributed by atoms with Gasteiger partial charge < -0.3 is 15.4 Å². The van der Waals surface area contributed by atoms with Gasteiger partial charge in [0.05, 0.1) is 11.6 Å². The third kappa shape index (κ3) is 3.34. The van der Waals surface area contributed by atoms with Crippen LogP contribution >= 0.6 is 0 Å². The Kier molecular flexibility index (Phi) is 4.08. The summed E-state index contributed by atoms with van der Waals surface area (Å²) >= 11 is 0. The number of sulfonamides is 1. The van der Waals surface area contributed by atoms with Crippen molar-refractivity contribution in [3.05, 3.63) is 18.0 Å². The molecule has 1 aromatic rings. The van der Waals surface area contributed by atoms with Crippen LogP contribution in [0.3, 0.4) is 0 Å². The molecule has 0 saturated carbocycles. The molecule has 1 amide bonds. The molecule has 0 aliphatic rings. The summed E-state index contributed by atoms with van der Waals surface area (Å²) in [4.78, 5) is 11.0. The molecule has 4 N–H and O–H groups in total. The van der Waals surface area contributed by atoms with Crippen molar-refractivity contribution in [1.82, 2.24) is 9.29 Å². The van der Waals surface area contributed by atoms with Crippen molar-refractivity contribution in [1.29, 1.82) is 0 Å². The van der Waals surface area contributed by atoms with Gasteiger partial charge in [0, 0.05) is 13.2 Å². The van der Waals surface area contributed by atoms with E-state index < -0.39 is 27.6 Å². The summed E-state index contributed by atoms with van der Waals surface area (Å²) in [5.41, 5.74) is 4.20. The van der Waals surface area contributed by atoms with Gasteiger partial charge in [0.2, 0.25) is 10.0 Å². The lowest BCUT2D eigenvalue weighted by molar-refractivity contribution is 0.0992. The first-order chi connectivity index (χ1) is 8.47. The van der Waals surface area contributed by atoms with Gasteiger partial charge in [-0.15, -0.1) is 0 Å². The van der Waals surface area contributed by atoms with Crippen LogP contribution in [0.25, 0.3) is 0 Å². The van der Waals surface area contributed by atoms with E-state index in [1.54, 1.807) is 13.8 Å². The Morgan fingerprint density at radius 1 is 1.53 bits per heavy atom. The zero-order valence-corrected chi connectivity index (χ0v) is 12.2. The first kappa shape index (κ1) is 15.7. The van der Waals surface area contributed by atoms with Crippen LogP contribution in [0.1, 0.15) is 31.3 Å². The third-order valence-electron chi connectivity index (χ3n) is 2.98. The molecule has 1 rings (SSSR count). The van der Waals surface area contributed by atoms with E-state index in [1.165, 1.54) is 30.8 Å². The maximum Gasteiger partial charge on any atom is 0.265 e. The lowest BCUT2D eigenvalue weighted by atomic mass is 10.0. The molecule has 1 heterocycles. The van der Waals surface area contributed by atoms with E-state index in [1.807, 2.05) is 0 Å². The first-order valence-electron chi connectivity index (χ1n) is 5.65. The number of carbonyl (C=O) groups is 1. The van der Waals surface area contributed by atoms with E-state index in [0.29, 0.717) is 0 Å². The van der Waals surface area contributed by atoms with Crippen LogP contribution in [0.4, 0.5) is 0 Å². The van der Waals surface area contributed by atoms with Crippen molar-refractivity contribution in [2.24, 2.45) is 12.8 Å². The first-order valence-corrected chi connectivity index (χ1v) is 7.14. The molecule has 0 aliphatic carbocycles. The summed E-state index contributed by atoms with van der Waals surface area (Å²) in [6.07, 6.45) is 0.419. The van der Waals surface area contributed by atoms with Crippen LogP contribution in [-0.4, -0.2) is 35.6 Å². The number of nitrogens with one attached hydrogen (secondary N) is 1. The van der Waals surface area contributed by atoms with Crippen LogP contribution in [-0.2, 0) is 17.1 Å². The number of nitrogens with zero attached hydrogens (tertiary/aromatic N) is 1. The number of aliphatic hydroxyl groups is 1. The van der Waals surface area contributed by atoms with Crippen molar-refractivity contribution >= 4 is 15.9 Å². The second-order valence-corrected chi connectivity index (χ2v) is 6.72. The van der Waals surface area contributed by atoms with E-state index in [0.717, 1.165) is 0 Å². The lowest BCUT2D eigenvalue weighted by Crippen LogP contribution is -2.50. The number of carbonyl (C=O) groups excluding carboxylic acids is 1. The molecule has 108 valence electrons. The number of aliphatic hydroxyl groups excluding tert-OH is 1. The molecule has 0 saturated heterocycles. The highest BCUT2D eigenvalue weighted by Gasteiger charge is 2.31. The second kappa shape index (κ2) is 4.95. The molecule has 1 atom stereocenters. The van der Waals surface area contributed by atoms with Gasteiger partial charge in [-0.3, -0.25) is 4.79 Å². The largest absolute Gasteiger partial charge is 0.391 e. The number of aromatic nitrogens is 1. The number of rotatable bonds is 5. The number of nitrogens with two attached hydrogens (primary N) is 1. The Morgan fingerprint density at radius 3 is 2.42 bits per heavy atom. The molecule has 0 radical (unpaired) electrons. The molecule has 19 heavy (non-hydrogen) atoms. The Bertz CT molecular complexity index is 587. The van der Waals surface area contributed by atoms with E-state index in [9.17, 15) is 18.3 Å². The van der Waals surface area contributed by atoms with Gasteiger partial charge in [-0.25, -0.2) is 13.1 Å². The van der Waals surface area contributed by atoms with Crippen molar-refractivity contribution < 1.29 is 18.3 Å². The Labute approximate surface area is 112 Å². The van der Waals surface area contributed by atoms with Gasteiger partial charge in [0.15, 0.2) is 0 Å². The topological polar surface area (TPSA) is 114 Å². The monoisotopic (exact) mass is 289 g/mol.